The molecule has 9 heteroatoms. The molecule has 0 aliphatic carbocycles. The Morgan fingerprint density at radius 1 is 0.971 bits per heavy atom. The molecular formula is C26H20N2O6S. The number of hydrogen-bond acceptors (Lipinski definition) is 6. The predicted octanol–water partition coefficient (Wildman–Crippen LogP) is 4.86. The van der Waals surface area contributed by atoms with Crippen LogP contribution in [0, 0.1) is 6.92 Å². The molecule has 176 valence electrons. The third-order valence-corrected chi connectivity index (χ3v) is 5.91. The molecule has 0 radical (unpaired) electrons. The molecule has 0 unspecified atom stereocenters. The number of aliphatic imine (C=N–C) groups is 1. The van der Waals surface area contributed by atoms with Crippen LogP contribution in [0.3, 0.4) is 0 Å². The lowest BCUT2D eigenvalue weighted by Crippen LogP contribution is -2.19. The fraction of sp³-hybridized carbons (Fsp3) is 0.0769. The molecule has 0 atom stereocenters. The minimum atomic E-state index is -1.27. The van der Waals surface area contributed by atoms with Gasteiger partial charge in [-0.2, -0.15) is 0 Å². The Labute approximate surface area is 205 Å². The van der Waals surface area contributed by atoms with Crippen molar-refractivity contribution in [2.24, 2.45) is 4.99 Å². The van der Waals surface area contributed by atoms with Gasteiger partial charge in [-0.25, -0.2) is 14.6 Å². The first-order chi connectivity index (χ1) is 16.8. The lowest BCUT2D eigenvalue weighted by Gasteiger charge is -2.07. The Morgan fingerprint density at radius 2 is 1.60 bits per heavy atom. The molecule has 3 aromatic rings. The maximum atomic E-state index is 12.4. The van der Waals surface area contributed by atoms with E-state index in [1.54, 1.807) is 6.08 Å². The number of aryl methyl sites for hydroxylation is 1. The lowest BCUT2D eigenvalue weighted by atomic mass is 10.1. The number of carboxylic acids is 2. The molecule has 1 heterocycles. The summed E-state index contributed by atoms with van der Waals surface area (Å²) in [6, 6.07) is 18.9. The van der Waals surface area contributed by atoms with E-state index in [4.69, 9.17) is 4.74 Å². The third kappa shape index (κ3) is 6.15. The standard InChI is InChI=1S/C26H20N2O6S/c1-15-2-4-17(5-3-15)14-34-21-8-6-16(7-9-21)10-22-23(29)28-26(35-22)27-20-12-18(24(30)31)11-19(13-20)25(32)33/h2-13H,14H2,1H3,(H,30,31)(H,32,33)(H,27,28,29). The number of rotatable bonds is 7. The first kappa shape index (κ1) is 23.8. The second kappa shape index (κ2) is 10.3. The topological polar surface area (TPSA) is 125 Å². The van der Waals surface area contributed by atoms with E-state index >= 15 is 0 Å². The number of amidine groups is 1. The number of nitrogens with one attached hydrogen (secondary N) is 1. The van der Waals surface area contributed by atoms with Crippen LogP contribution in [0.2, 0.25) is 0 Å². The first-order valence-corrected chi connectivity index (χ1v) is 11.3. The molecule has 1 amide bonds. The molecule has 35 heavy (non-hydrogen) atoms. The largest absolute Gasteiger partial charge is 0.489 e. The van der Waals surface area contributed by atoms with E-state index < -0.39 is 11.9 Å². The molecule has 0 bridgehead atoms. The highest BCUT2D eigenvalue weighted by atomic mass is 32.2. The molecule has 3 aromatic carbocycles. The van der Waals surface area contributed by atoms with Crippen LogP contribution in [-0.2, 0) is 11.4 Å². The van der Waals surface area contributed by atoms with Crippen molar-refractivity contribution in [3.8, 4) is 5.75 Å². The summed E-state index contributed by atoms with van der Waals surface area (Å²) in [4.78, 5) is 39.6. The van der Waals surface area contributed by atoms with Crippen molar-refractivity contribution >= 4 is 46.5 Å². The van der Waals surface area contributed by atoms with Crippen LogP contribution in [0.5, 0.6) is 5.75 Å². The second-order valence-corrected chi connectivity index (χ2v) is 8.73. The molecule has 3 N–H and O–H groups in total. The maximum Gasteiger partial charge on any atom is 0.335 e. The summed E-state index contributed by atoms with van der Waals surface area (Å²) in [6.45, 7) is 2.48. The third-order valence-electron chi connectivity index (χ3n) is 5.00. The number of nitrogens with zero attached hydrogens (tertiary/aromatic N) is 1. The van der Waals surface area contributed by atoms with Crippen LogP contribution in [-0.4, -0.2) is 33.2 Å². The summed E-state index contributed by atoms with van der Waals surface area (Å²) in [7, 11) is 0. The number of carbonyl (C=O) groups is 3. The summed E-state index contributed by atoms with van der Waals surface area (Å²) in [5.74, 6) is -2.21. The summed E-state index contributed by atoms with van der Waals surface area (Å²) >= 11 is 1.07. The highest BCUT2D eigenvalue weighted by Crippen LogP contribution is 2.29. The highest BCUT2D eigenvalue weighted by Gasteiger charge is 2.24. The van der Waals surface area contributed by atoms with E-state index in [0.29, 0.717) is 17.3 Å². The molecule has 1 saturated heterocycles. The van der Waals surface area contributed by atoms with Crippen molar-refractivity contribution in [1.29, 1.82) is 0 Å². The number of amides is 1. The summed E-state index contributed by atoms with van der Waals surface area (Å²) < 4.78 is 5.81. The Hall–Kier alpha value is -4.37. The van der Waals surface area contributed by atoms with Crippen molar-refractivity contribution in [2.75, 3.05) is 0 Å². The highest BCUT2D eigenvalue weighted by molar-refractivity contribution is 8.18. The monoisotopic (exact) mass is 488 g/mol. The Morgan fingerprint density at radius 3 is 2.20 bits per heavy atom. The Bertz CT molecular complexity index is 1330. The molecule has 0 spiro atoms. The lowest BCUT2D eigenvalue weighted by molar-refractivity contribution is -0.115. The summed E-state index contributed by atoms with van der Waals surface area (Å²) in [6.07, 6.45) is 1.70. The van der Waals surface area contributed by atoms with Gasteiger partial charge in [0.15, 0.2) is 5.17 Å². The molecule has 1 aliphatic rings. The van der Waals surface area contributed by atoms with Gasteiger partial charge >= 0.3 is 11.9 Å². The molecule has 0 aromatic heterocycles. The molecule has 4 rings (SSSR count). The number of thioether (sulfide) groups is 1. The maximum absolute atomic E-state index is 12.4. The average Bonchev–Trinajstić information content (AvgIpc) is 3.17. The smallest absolute Gasteiger partial charge is 0.335 e. The van der Waals surface area contributed by atoms with Crippen LogP contribution in [0.25, 0.3) is 6.08 Å². The van der Waals surface area contributed by atoms with Crippen LogP contribution < -0.4 is 10.1 Å². The van der Waals surface area contributed by atoms with E-state index in [1.807, 2.05) is 55.5 Å². The van der Waals surface area contributed by atoms with Gasteiger partial charge in [0.05, 0.1) is 21.7 Å². The number of carbonyl (C=O) groups excluding carboxylic acids is 1. The van der Waals surface area contributed by atoms with Crippen molar-refractivity contribution in [3.05, 3.63) is 99.5 Å². The fourth-order valence-corrected chi connectivity index (χ4v) is 4.02. The zero-order chi connectivity index (χ0) is 24.9. The van der Waals surface area contributed by atoms with Gasteiger partial charge in [-0.15, -0.1) is 0 Å². The van der Waals surface area contributed by atoms with Crippen LogP contribution in [0.4, 0.5) is 5.69 Å². The van der Waals surface area contributed by atoms with Crippen molar-refractivity contribution in [1.82, 2.24) is 5.32 Å². The molecular weight excluding hydrogens is 468 g/mol. The number of hydrogen-bond donors (Lipinski definition) is 3. The van der Waals surface area contributed by atoms with Gasteiger partial charge in [-0.05, 0) is 66.2 Å². The minimum absolute atomic E-state index is 0.112. The number of aromatic carboxylic acids is 2. The zero-order valence-corrected chi connectivity index (χ0v) is 19.3. The van der Waals surface area contributed by atoms with Crippen molar-refractivity contribution < 1.29 is 29.3 Å². The SMILES string of the molecule is Cc1ccc(COc2ccc(C=C3SC(=Nc4cc(C(=O)O)cc(C(=O)O)c4)NC3=O)cc2)cc1. The minimum Gasteiger partial charge on any atom is -0.489 e. The van der Waals surface area contributed by atoms with E-state index in [2.05, 4.69) is 10.3 Å². The second-order valence-electron chi connectivity index (χ2n) is 7.70. The Kier molecular flexibility index (Phi) is 6.98. The van der Waals surface area contributed by atoms with Crippen molar-refractivity contribution in [3.63, 3.8) is 0 Å². The van der Waals surface area contributed by atoms with E-state index in [1.165, 1.54) is 17.7 Å². The fourth-order valence-electron chi connectivity index (χ4n) is 3.18. The van der Waals surface area contributed by atoms with Gasteiger partial charge in [-0.1, -0.05) is 42.0 Å². The van der Waals surface area contributed by atoms with Crippen molar-refractivity contribution in [2.45, 2.75) is 13.5 Å². The Balaban J connectivity index is 1.46. The summed E-state index contributed by atoms with van der Waals surface area (Å²) in [5.41, 5.74) is 2.73. The van der Waals surface area contributed by atoms with Gasteiger partial charge < -0.3 is 20.3 Å². The van der Waals surface area contributed by atoms with Gasteiger partial charge in [0.1, 0.15) is 12.4 Å². The van der Waals surface area contributed by atoms with E-state index in [0.717, 1.165) is 29.0 Å². The van der Waals surface area contributed by atoms with E-state index in [-0.39, 0.29) is 27.9 Å². The average molecular weight is 489 g/mol. The van der Waals surface area contributed by atoms with Crippen LogP contribution in [0.1, 0.15) is 37.4 Å². The molecule has 8 nitrogen and oxygen atoms in total. The molecule has 1 fully saturated rings. The van der Waals surface area contributed by atoms with Gasteiger partial charge in [0.2, 0.25) is 0 Å². The zero-order valence-electron chi connectivity index (χ0n) is 18.5. The normalized spacial score (nSPS) is 15.3. The molecule has 0 saturated carbocycles. The first-order valence-electron chi connectivity index (χ1n) is 10.5. The predicted molar refractivity (Wildman–Crippen MR) is 133 cm³/mol. The number of ether oxygens (including phenoxy) is 1. The summed E-state index contributed by atoms with van der Waals surface area (Å²) in [5, 5.41) is 21.3. The number of carboxylic acid groups (broad SMARTS) is 2. The van der Waals surface area contributed by atoms with Crippen LogP contribution >= 0.6 is 11.8 Å². The number of benzene rings is 3. The molecule has 1 aliphatic heterocycles. The van der Waals surface area contributed by atoms with Gasteiger partial charge in [0, 0.05) is 0 Å². The van der Waals surface area contributed by atoms with Crippen LogP contribution in [0.15, 0.2) is 76.6 Å². The van der Waals surface area contributed by atoms with E-state index in [9.17, 15) is 24.6 Å². The quantitative estimate of drug-likeness (QED) is 0.406. The van der Waals surface area contributed by atoms with Gasteiger partial charge in [0.25, 0.3) is 5.91 Å². The van der Waals surface area contributed by atoms with Gasteiger partial charge in [-0.3, -0.25) is 4.79 Å².